The van der Waals surface area contributed by atoms with Gasteiger partial charge in [0.25, 0.3) is 0 Å². The van der Waals surface area contributed by atoms with Crippen molar-refractivity contribution in [2.75, 3.05) is 25.6 Å². The van der Waals surface area contributed by atoms with Crippen LogP contribution in [0, 0.1) is 0 Å². The summed E-state index contributed by atoms with van der Waals surface area (Å²) in [5.41, 5.74) is 9.16. The normalized spacial score (nSPS) is 10.8. The van der Waals surface area contributed by atoms with Gasteiger partial charge in [-0.3, -0.25) is 0 Å². The predicted octanol–water partition coefficient (Wildman–Crippen LogP) is 2.29. The van der Waals surface area contributed by atoms with Crippen LogP contribution in [0.15, 0.2) is 17.6 Å². The first kappa shape index (κ1) is 11.2. The lowest BCUT2D eigenvalue weighted by Gasteiger charge is -2.08. The summed E-state index contributed by atoms with van der Waals surface area (Å²) in [6, 6.07) is 3.85. The Bertz CT molecular complexity index is 470. The second-order valence-electron chi connectivity index (χ2n) is 3.22. The maximum atomic E-state index is 5.96. The number of fused-ring (bicyclic) bond motifs is 1. The number of benzene rings is 1. The number of thiazole rings is 1. The van der Waals surface area contributed by atoms with Gasteiger partial charge in [-0.05, 0) is 19.1 Å². The van der Waals surface area contributed by atoms with Crippen molar-refractivity contribution >= 4 is 27.2 Å². The molecule has 0 spiro atoms. The molecule has 0 atom stereocenters. The molecule has 0 amide bonds. The monoisotopic (exact) mass is 238 g/mol. The Kier molecular flexibility index (Phi) is 3.58. The lowest BCUT2D eigenvalue weighted by atomic mass is 10.2. The molecule has 0 aliphatic heterocycles. The Morgan fingerprint density at radius 3 is 3.06 bits per heavy atom. The van der Waals surface area contributed by atoms with Crippen molar-refractivity contribution in [3.8, 4) is 5.75 Å². The van der Waals surface area contributed by atoms with Crippen LogP contribution in [0.2, 0.25) is 0 Å². The van der Waals surface area contributed by atoms with Gasteiger partial charge in [0.2, 0.25) is 0 Å². The average Bonchev–Trinajstić information content (AvgIpc) is 2.76. The van der Waals surface area contributed by atoms with Crippen molar-refractivity contribution in [2.45, 2.75) is 6.92 Å². The summed E-state index contributed by atoms with van der Waals surface area (Å²) in [5.74, 6) is 0.679. The average molecular weight is 238 g/mol. The van der Waals surface area contributed by atoms with Gasteiger partial charge in [-0.25, -0.2) is 4.98 Å². The number of hydrogen-bond acceptors (Lipinski definition) is 5. The largest absolute Gasteiger partial charge is 0.489 e. The molecule has 0 radical (unpaired) electrons. The molecule has 1 heterocycles. The van der Waals surface area contributed by atoms with Gasteiger partial charge in [-0.2, -0.15) is 0 Å². The third-order valence-corrected chi connectivity index (χ3v) is 2.99. The van der Waals surface area contributed by atoms with Crippen LogP contribution in [0.4, 0.5) is 5.69 Å². The zero-order valence-corrected chi connectivity index (χ0v) is 9.92. The Labute approximate surface area is 98.0 Å². The standard InChI is InChI=1S/C11H14N2O2S/c1-2-14-5-6-15-8-3-4-9-11(10(8)12)13-7-16-9/h3-4,7H,2,5-6,12H2,1H3. The maximum Gasteiger partial charge on any atom is 0.144 e. The molecule has 2 N–H and O–H groups in total. The Morgan fingerprint density at radius 2 is 2.25 bits per heavy atom. The summed E-state index contributed by atoms with van der Waals surface area (Å²) >= 11 is 1.57. The van der Waals surface area contributed by atoms with E-state index in [4.69, 9.17) is 15.2 Å². The number of hydrogen-bond donors (Lipinski definition) is 1. The minimum absolute atomic E-state index is 0.508. The minimum Gasteiger partial charge on any atom is -0.489 e. The molecule has 2 rings (SSSR count). The zero-order valence-electron chi connectivity index (χ0n) is 9.10. The Morgan fingerprint density at radius 1 is 1.38 bits per heavy atom. The molecule has 1 aromatic heterocycles. The highest BCUT2D eigenvalue weighted by Gasteiger charge is 2.07. The van der Waals surface area contributed by atoms with E-state index in [1.807, 2.05) is 19.1 Å². The molecule has 0 aliphatic rings. The van der Waals surface area contributed by atoms with Crippen LogP contribution in [-0.4, -0.2) is 24.8 Å². The van der Waals surface area contributed by atoms with Gasteiger partial charge in [0, 0.05) is 6.61 Å². The molecule has 0 saturated carbocycles. The number of nitrogens with two attached hydrogens (primary N) is 1. The lowest BCUT2D eigenvalue weighted by Crippen LogP contribution is -2.07. The molecule has 2 aromatic rings. The van der Waals surface area contributed by atoms with Gasteiger partial charge in [-0.1, -0.05) is 0 Å². The third kappa shape index (κ3) is 2.25. The summed E-state index contributed by atoms with van der Waals surface area (Å²) in [5, 5.41) is 0. The number of aromatic nitrogens is 1. The molecule has 0 aliphatic carbocycles. The highest BCUT2D eigenvalue weighted by atomic mass is 32.1. The Balaban J connectivity index is 2.09. The van der Waals surface area contributed by atoms with E-state index in [0.717, 1.165) is 10.2 Å². The van der Waals surface area contributed by atoms with Crippen molar-refractivity contribution in [2.24, 2.45) is 0 Å². The van der Waals surface area contributed by atoms with Crippen LogP contribution in [0.5, 0.6) is 5.75 Å². The first-order valence-corrected chi connectivity index (χ1v) is 6.03. The summed E-state index contributed by atoms with van der Waals surface area (Å²) in [4.78, 5) is 4.21. The van der Waals surface area contributed by atoms with E-state index in [9.17, 15) is 0 Å². The van der Waals surface area contributed by atoms with Crippen LogP contribution in [0.1, 0.15) is 6.92 Å². The van der Waals surface area contributed by atoms with Crippen LogP contribution in [0.3, 0.4) is 0 Å². The van der Waals surface area contributed by atoms with E-state index in [1.165, 1.54) is 0 Å². The van der Waals surface area contributed by atoms with Gasteiger partial charge >= 0.3 is 0 Å². The maximum absolute atomic E-state index is 5.96. The topological polar surface area (TPSA) is 57.4 Å². The van der Waals surface area contributed by atoms with Gasteiger partial charge in [-0.15, -0.1) is 11.3 Å². The van der Waals surface area contributed by atoms with E-state index in [-0.39, 0.29) is 0 Å². The molecular weight excluding hydrogens is 224 g/mol. The molecule has 0 fully saturated rings. The van der Waals surface area contributed by atoms with E-state index in [1.54, 1.807) is 16.8 Å². The zero-order chi connectivity index (χ0) is 11.4. The number of ether oxygens (including phenoxy) is 2. The number of anilines is 1. The number of nitrogen functional groups attached to an aromatic ring is 1. The highest BCUT2D eigenvalue weighted by Crippen LogP contribution is 2.31. The highest BCUT2D eigenvalue weighted by molar-refractivity contribution is 7.16. The SMILES string of the molecule is CCOCCOc1ccc2scnc2c1N. The van der Waals surface area contributed by atoms with Crippen LogP contribution in [-0.2, 0) is 4.74 Å². The molecule has 86 valence electrons. The van der Waals surface area contributed by atoms with Crippen molar-refractivity contribution in [1.82, 2.24) is 4.98 Å². The van der Waals surface area contributed by atoms with Crippen molar-refractivity contribution < 1.29 is 9.47 Å². The molecule has 0 bridgehead atoms. The van der Waals surface area contributed by atoms with E-state index in [0.29, 0.717) is 31.3 Å². The summed E-state index contributed by atoms with van der Waals surface area (Å²) in [7, 11) is 0. The minimum atomic E-state index is 0.508. The molecule has 0 unspecified atom stereocenters. The van der Waals surface area contributed by atoms with Crippen molar-refractivity contribution in [1.29, 1.82) is 0 Å². The van der Waals surface area contributed by atoms with E-state index in [2.05, 4.69) is 4.98 Å². The molecule has 0 saturated heterocycles. The first-order chi connectivity index (χ1) is 7.83. The summed E-state index contributed by atoms with van der Waals surface area (Å²) in [6.07, 6.45) is 0. The van der Waals surface area contributed by atoms with Gasteiger partial charge < -0.3 is 15.2 Å². The second-order valence-corrected chi connectivity index (χ2v) is 4.11. The Hall–Kier alpha value is -1.33. The quantitative estimate of drug-likeness (QED) is 0.641. The lowest BCUT2D eigenvalue weighted by molar-refractivity contribution is 0.110. The van der Waals surface area contributed by atoms with Crippen molar-refractivity contribution in [3.63, 3.8) is 0 Å². The van der Waals surface area contributed by atoms with Crippen molar-refractivity contribution in [3.05, 3.63) is 17.6 Å². The smallest absolute Gasteiger partial charge is 0.144 e. The fourth-order valence-electron chi connectivity index (χ4n) is 1.41. The number of nitrogens with zero attached hydrogens (tertiary/aromatic N) is 1. The second kappa shape index (κ2) is 5.14. The fraction of sp³-hybridized carbons (Fsp3) is 0.364. The molecule has 5 heteroatoms. The van der Waals surface area contributed by atoms with Crippen LogP contribution in [0.25, 0.3) is 10.2 Å². The van der Waals surface area contributed by atoms with E-state index < -0.39 is 0 Å². The molecule has 16 heavy (non-hydrogen) atoms. The van der Waals surface area contributed by atoms with Gasteiger partial charge in [0.15, 0.2) is 0 Å². The van der Waals surface area contributed by atoms with Gasteiger partial charge in [0.1, 0.15) is 23.6 Å². The van der Waals surface area contributed by atoms with Crippen LogP contribution >= 0.6 is 11.3 Å². The summed E-state index contributed by atoms with van der Waals surface area (Å²) in [6.45, 7) is 3.73. The molecular formula is C11H14N2O2S. The predicted molar refractivity (Wildman–Crippen MR) is 66.0 cm³/mol. The summed E-state index contributed by atoms with van der Waals surface area (Å²) < 4.78 is 11.8. The molecule has 4 nitrogen and oxygen atoms in total. The van der Waals surface area contributed by atoms with E-state index >= 15 is 0 Å². The van der Waals surface area contributed by atoms with Crippen LogP contribution < -0.4 is 10.5 Å². The first-order valence-electron chi connectivity index (χ1n) is 5.15. The third-order valence-electron chi connectivity index (χ3n) is 2.19. The molecule has 1 aromatic carbocycles. The van der Waals surface area contributed by atoms with Gasteiger partial charge in [0.05, 0.1) is 16.8 Å². The number of rotatable bonds is 5. The fourth-order valence-corrected chi connectivity index (χ4v) is 2.11.